The highest BCUT2D eigenvalue weighted by atomic mass is 16.6. The van der Waals surface area contributed by atoms with E-state index in [1.54, 1.807) is 18.2 Å². The third-order valence-electron chi connectivity index (χ3n) is 7.87. The third kappa shape index (κ3) is 18.0. The second-order valence-corrected chi connectivity index (χ2v) is 11.8. The number of ether oxygens (including phenoxy) is 10. The first-order valence-corrected chi connectivity index (χ1v) is 18.5. The van der Waals surface area contributed by atoms with Crippen LogP contribution in [0.2, 0.25) is 0 Å². The van der Waals surface area contributed by atoms with Crippen LogP contribution >= 0.6 is 0 Å². The number of carbonyl (C=O) groups excluding carboxylic acids is 4. The zero-order valence-electron chi connectivity index (χ0n) is 31.4. The Morgan fingerprint density at radius 1 is 0.574 bits per heavy atom. The van der Waals surface area contributed by atoms with Crippen LogP contribution in [0.3, 0.4) is 0 Å². The highest BCUT2D eigenvalue weighted by molar-refractivity contribution is 6.25. The zero-order valence-corrected chi connectivity index (χ0v) is 31.4. The number of nitrogens with zero attached hydrogens (tertiary/aromatic N) is 1. The van der Waals surface area contributed by atoms with Gasteiger partial charge in [-0.3, -0.25) is 29.4 Å². The van der Waals surface area contributed by atoms with Gasteiger partial charge < -0.3 is 58.0 Å². The number of hydrogen-bond acceptors (Lipinski definition) is 16. The molecule has 54 heavy (non-hydrogen) atoms. The maximum absolute atomic E-state index is 13.1. The third-order valence-corrected chi connectivity index (χ3v) is 7.87. The number of benzene rings is 1. The van der Waals surface area contributed by atoms with Gasteiger partial charge in [-0.2, -0.15) is 0 Å². The molecule has 0 spiro atoms. The molecular formula is C36H58N4O14. The van der Waals surface area contributed by atoms with Gasteiger partial charge in [-0.05, 0) is 25.6 Å². The molecule has 18 nitrogen and oxygen atoms in total. The van der Waals surface area contributed by atoms with Gasteiger partial charge in [0.05, 0.1) is 143 Å². The molecule has 2 heterocycles. The molecule has 0 radical (unpaired) electrons. The monoisotopic (exact) mass is 770 g/mol. The van der Waals surface area contributed by atoms with Crippen molar-refractivity contribution in [2.45, 2.75) is 18.9 Å². The molecule has 1 aromatic rings. The predicted octanol–water partition coefficient (Wildman–Crippen LogP) is -0.115. The van der Waals surface area contributed by atoms with Crippen molar-refractivity contribution in [2.75, 3.05) is 158 Å². The van der Waals surface area contributed by atoms with Crippen LogP contribution in [0, 0.1) is 0 Å². The summed E-state index contributed by atoms with van der Waals surface area (Å²) in [6.45, 7) is 10.9. The normalized spacial score (nSPS) is 15.6. The molecule has 0 aromatic heterocycles. The Bertz CT molecular complexity index is 1230. The molecule has 18 heteroatoms. The summed E-state index contributed by atoms with van der Waals surface area (Å²) in [6.07, 6.45) is 0.171. The summed E-state index contributed by atoms with van der Waals surface area (Å²) in [5.41, 5.74) is 0.910. The van der Waals surface area contributed by atoms with E-state index in [9.17, 15) is 19.2 Å². The van der Waals surface area contributed by atoms with Gasteiger partial charge in [0.2, 0.25) is 11.8 Å². The molecule has 1 aromatic carbocycles. The number of imide groups is 2. The molecule has 0 aliphatic carbocycles. The average molecular weight is 771 g/mol. The van der Waals surface area contributed by atoms with E-state index in [4.69, 9.17) is 47.4 Å². The molecule has 1 fully saturated rings. The molecule has 3 N–H and O–H groups in total. The predicted molar refractivity (Wildman–Crippen MR) is 194 cm³/mol. The quantitative estimate of drug-likeness (QED) is 0.0610. The molecule has 0 saturated carbocycles. The fourth-order valence-electron chi connectivity index (χ4n) is 5.18. The molecule has 1 unspecified atom stereocenters. The molecule has 306 valence electrons. The fourth-order valence-corrected chi connectivity index (χ4v) is 5.18. The number of nitrogens with one attached hydrogen (secondary N) is 3. The first-order valence-electron chi connectivity index (χ1n) is 18.5. The van der Waals surface area contributed by atoms with E-state index in [0.29, 0.717) is 144 Å². The lowest BCUT2D eigenvalue weighted by molar-refractivity contribution is -0.136. The lowest BCUT2D eigenvalue weighted by atomic mass is 10.0. The van der Waals surface area contributed by atoms with Crippen LogP contribution in [0.15, 0.2) is 18.2 Å². The second-order valence-electron chi connectivity index (χ2n) is 11.8. The minimum absolute atomic E-state index is 0.0663. The van der Waals surface area contributed by atoms with Gasteiger partial charge >= 0.3 is 0 Å². The van der Waals surface area contributed by atoms with Gasteiger partial charge in [0, 0.05) is 25.2 Å². The van der Waals surface area contributed by atoms with Crippen LogP contribution in [0.25, 0.3) is 0 Å². The minimum Gasteiger partial charge on any atom is -0.382 e. The lowest BCUT2D eigenvalue weighted by Gasteiger charge is -2.27. The van der Waals surface area contributed by atoms with Crippen molar-refractivity contribution >= 4 is 29.3 Å². The second kappa shape index (κ2) is 29.2. The zero-order chi connectivity index (χ0) is 38.5. The molecule has 1 atom stereocenters. The Kier molecular flexibility index (Phi) is 24.5. The Labute approximate surface area is 317 Å². The van der Waals surface area contributed by atoms with Crippen LogP contribution in [-0.4, -0.2) is 187 Å². The van der Waals surface area contributed by atoms with Crippen molar-refractivity contribution < 1.29 is 66.5 Å². The fraction of sp³-hybridized carbons (Fsp3) is 0.722. The van der Waals surface area contributed by atoms with Gasteiger partial charge in [0.1, 0.15) is 6.04 Å². The van der Waals surface area contributed by atoms with Crippen LogP contribution in [0.5, 0.6) is 0 Å². The topological polar surface area (TPSA) is 200 Å². The Hall–Kier alpha value is -3.14. The van der Waals surface area contributed by atoms with Gasteiger partial charge in [-0.25, -0.2) is 0 Å². The van der Waals surface area contributed by atoms with Crippen molar-refractivity contribution in [1.82, 2.24) is 15.5 Å². The summed E-state index contributed by atoms with van der Waals surface area (Å²) in [4.78, 5) is 50.8. The Morgan fingerprint density at radius 3 is 1.39 bits per heavy atom. The smallest absolute Gasteiger partial charge is 0.264 e. The largest absolute Gasteiger partial charge is 0.382 e. The molecule has 4 amide bonds. The first kappa shape index (κ1) is 45.3. The number of fused-ring (bicyclic) bond motifs is 1. The van der Waals surface area contributed by atoms with Crippen molar-refractivity contribution in [3.8, 4) is 0 Å². The van der Waals surface area contributed by atoms with Crippen LogP contribution in [-0.2, 0) is 57.0 Å². The van der Waals surface area contributed by atoms with E-state index >= 15 is 0 Å². The number of likely N-dealkylation sites (N-methyl/N-ethyl adjacent to an activating group) is 1. The highest BCUT2D eigenvalue weighted by Gasteiger charge is 2.45. The molecule has 0 bridgehead atoms. The van der Waals surface area contributed by atoms with Crippen LogP contribution in [0.4, 0.5) is 5.69 Å². The van der Waals surface area contributed by atoms with E-state index in [0.717, 1.165) is 11.4 Å². The highest BCUT2D eigenvalue weighted by Crippen LogP contribution is 2.32. The minimum atomic E-state index is -1.01. The maximum atomic E-state index is 13.1. The van der Waals surface area contributed by atoms with Crippen molar-refractivity contribution in [1.29, 1.82) is 0 Å². The number of hydrogen-bond donors (Lipinski definition) is 3. The standard InChI is InChI=1S/C36H58N4O14/c1-37-7-9-45-11-13-47-15-17-49-19-21-51-23-25-53-27-28-54-26-24-52-22-20-50-18-16-48-14-12-46-10-8-38-30-4-2-3-29-33(30)36(44)40(35(29)43)31-5-6-32(41)39-34(31)42/h2-4,31,37-38H,5-28H2,1H3,(H,39,41,42). The number of amides is 4. The summed E-state index contributed by atoms with van der Waals surface area (Å²) < 4.78 is 54.8. The number of rotatable bonds is 35. The molecule has 2 aliphatic heterocycles. The van der Waals surface area contributed by atoms with E-state index in [2.05, 4.69) is 16.0 Å². The SMILES string of the molecule is CNCCOCCOCCOCCOCCOCCOCCOCCOCCOCCOCCNc1cccc2c1C(=O)N(C1CCC(=O)NC1=O)C2=O. The van der Waals surface area contributed by atoms with Crippen molar-refractivity contribution in [3.05, 3.63) is 29.3 Å². The van der Waals surface area contributed by atoms with Crippen molar-refractivity contribution in [3.63, 3.8) is 0 Å². The van der Waals surface area contributed by atoms with Gasteiger partial charge in [-0.1, -0.05) is 6.07 Å². The van der Waals surface area contributed by atoms with Gasteiger partial charge in [0.25, 0.3) is 11.8 Å². The Morgan fingerprint density at radius 2 is 0.981 bits per heavy atom. The summed E-state index contributed by atoms with van der Waals surface area (Å²) >= 11 is 0. The van der Waals surface area contributed by atoms with E-state index in [1.165, 1.54) is 0 Å². The van der Waals surface area contributed by atoms with Crippen LogP contribution in [0.1, 0.15) is 33.6 Å². The Balaban J connectivity index is 1.02. The van der Waals surface area contributed by atoms with Gasteiger partial charge in [0.15, 0.2) is 0 Å². The number of carbonyl (C=O) groups is 4. The summed E-state index contributed by atoms with van der Waals surface area (Å²) in [6, 6.07) is 3.91. The molecule has 2 aliphatic rings. The molecule has 1 saturated heterocycles. The van der Waals surface area contributed by atoms with E-state index in [-0.39, 0.29) is 24.0 Å². The van der Waals surface area contributed by atoms with Gasteiger partial charge in [-0.15, -0.1) is 0 Å². The summed E-state index contributed by atoms with van der Waals surface area (Å²) in [7, 11) is 1.89. The van der Waals surface area contributed by atoms with Crippen LogP contribution < -0.4 is 16.0 Å². The van der Waals surface area contributed by atoms with Crippen molar-refractivity contribution in [2.24, 2.45) is 0 Å². The van der Waals surface area contributed by atoms with E-state index in [1.807, 2.05) is 7.05 Å². The summed E-state index contributed by atoms with van der Waals surface area (Å²) in [5, 5.41) is 8.34. The number of anilines is 1. The number of piperidine rings is 1. The molecular weight excluding hydrogens is 712 g/mol. The maximum Gasteiger partial charge on any atom is 0.264 e. The lowest BCUT2D eigenvalue weighted by Crippen LogP contribution is -2.54. The summed E-state index contributed by atoms with van der Waals surface area (Å²) in [5.74, 6) is -2.17. The molecule has 3 rings (SSSR count). The van der Waals surface area contributed by atoms with E-state index < -0.39 is 29.7 Å². The first-order chi connectivity index (χ1) is 26.5. The average Bonchev–Trinajstić information content (AvgIpc) is 3.42.